The van der Waals surface area contributed by atoms with Crippen LogP contribution in [0.1, 0.15) is 42.5 Å². The van der Waals surface area contributed by atoms with Gasteiger partial charge in [-0.25, -0.2) is 4.79 Å². The van der Waals surface area contributed by atoms with Crippen LogP contribution in [0.5, 0.6) is 0 Å². The molecule has 0 radical (unpaired) electrons. The maximum Gasteiger partial charge on any atom is 0.354 e. The number of methoxy groups -OCH3 is 2. The molecule has 0 atom stereocenters. The summed E-state index contributed by atoms with van der Waals surface area (Å²) in [5, 5.41) is 0. The highest BCUT2D eigenvalue weighted by atomic mass is 16.7. The number of ether oxygens (including phenoxy) is 3. The van der Waals surface area contributed by atoms with Crippen LogP contribution in [-0.4, -0.2) is 37.7 Å². The third-order valence-electron chi connectivity index (χ3n) is 3.96. The molecule has 1 aliphatic rings. The molecule has 1 aromatic rings. The summed E-state index contributed by atoms with van der Waals surface area (Å²) in [5.74, 6) is -0.282. The highest BCUT2D eigenvalue weighted by molar-refractivity contribution is 5.88. The smallest absolute Gasteiger partial charge is 0.354 e. The normalized spacial score (nSPS) is 16.3. The molecule has 1 aromatic heterocycles. The maximum atomic E-state index is 12.2. The zero-order valence-electron chi connectivity index (χ0n) is 13.6. The monoisotopic (exact) mass is 295 g/mol. The first kappa shape index (κ1) is 16.0. The van der Waals surface area contributed by atoms with Gasteiger partial charge in [-0.3, -0.25) is 0 Å². The van der Waals surface area contributed by atoms with E-state index in [2.05, 4.69) is 13.8 Å². The SMILES string of the molecule is CCOC(=O)c1cc2c(n1CC(OC)OC)CC(C)(C)C2. The Morgan fingerprint density at radius 1 is 1.33 bits per heavy atom. The van der Waals surface area contributed by atoms with Crippen molar-refractivity contribution in [2.45, 2.75) is 46.4 Å². The van der Waals surface area contributed by atoms with E-state index in [1.165, 1.54) is 11.3 Å². The van der Waals surface area contributed by atoms with Crippen LogP contribution in [0.2, 0.25) is 0 Å². The minimum Gasteiger partial charge on any atom is -0.461 e. The lowest BCUT2D eigenvalue weighted by molar-refractivity contribution is -0.111. The molecule has 0 saturated carbocycles. The van der Waals surface area contributed by atoms with E-state index < -0.39 is 0 Å². The Balaban J connectivity index is 2.36. The fraction of sp³-hybridized carbons (Fsp3) is 0.688. The number of hydrogen-bond donors (Lipinski definition) is 0. The molecule has 0 bridgehead atoms. The molecule has 5 nitrogen and oxygen atoms in total. The molecule has 0 N–H and O–H groups in total. The largest absolute Gasteiger partial charge is 0.461 e. The van der Waals surface area contributed by atoms with E-state index in [1.54, 1.807) is 14.2 Å². The first-order chi connectivity index (χ1) is 9.91. The average Bonchev–Trinajstić information content (AvgIpc) is 2.89. The third kappa shape index (κ3) is 3.30. The molecule has 0 saturated heterocycles. The topological polar surface area (TPSA) is 49.7 Å². The zero-order chi connectivity index (χ0) is 15.6. The second-order valence-electron chi connectivity index (χ2n) is 6.25. The summed E-state index contributed by atoms with van der Waals surface area (Å²) in [4.78, 5) is 12.2. The fourth-order valence-corrected chi connectivity index (χ4v) is 3.02. The average molecular weight is 295 g/mol. The molecular weight excluding hydrogens is 270 g/mol. The van der Waals surface area contributed by atoms with Gasteiger partial charge in [0.2, 0.25) is 0 Å². The molecule has 0 unspecified atom stereocenters. The molecule has 0 aromatic carbocycles. The number of esters is 1. The van der Waals surface area contributed by atoms with Gasteiger partial charge in [-0.15, -0.1) is 0 Å². The van der Waals surface area contributed by atoms with Crippen molar-refractivity contribution >= 4 is 5.97 Å². The number of aromatic nitrogens is 1. The van der Waals surface area contributed by atoms with Crippen molar-refractivity contribution in [3.05, 3.63) is 23.0 Å². The fourth-order valence-electron chi connectivity index (χ4n) is 3.02. The van der Waals surface area contributed by atoms with Gasteiger partial charge >= 0.3 is 5.97 Å². The lowest BCUT2D eigenvalue weighted by Gasteiger charge is -2.21. The van der Waals surface area contributed by atoms with Crippen LogP contribution in [0.25, 0.3) is 0 Å². The lowest BCUT2D eigenvalue weighted by Crippen LogP contribution is -2.25. The molecule has 1 aliphatic carbocycles. The molecule has 0 amide bonds. The Kier molecular flexibility index (Phi) is 4.74. The number of nitrogens with zero attached hydrogens (tertiary/aromatic N) is 1. The van der Waals surface area contributed by atoms with Gasteiger partial charge in [0.15, 0.2) is 6.29 Å². The van der Waals surface area contributed by atoms with E-state index in [9.17, 15) is 4.79 Å². The Bertz CT molecular complexity index is 515. The summed E-state index contributed by atoms with van der Waals surface area (Å²) >= 11 is 0. The van der Waals surface area contributed by atoms with Crippen LogP contribution in [0.4, 0.5) is 0 Å². The zero-order valence-corrected chi connectivity index (χ0v) is 13.6. The minimum atomic E-state index is -0.376. The van der Waals surface area contributed by atoms with Gasteiger partial charge in [0.25, 0.3) is 0 Å². The molecule has 118 valence electrons. The first-order valence-electron chi connectivity index (χ1n) is 7.36. The van der Waals surface area contributed by atoms with Gasteiger partial charge in [-0.1, -0.05) is 13.8 Å². The second kappa shape index (κ2) is 6.20. The summed E-state index contributed by atoms with van der Waals surface area (Å²) < 4.78 is 17.7. The van der Waals surface area contributed by atoms with E-state index in [-0.39, 0.29) is 17.7 Å². The van der Waals surface area contributed by atoms with Crippen LogP contribution < -0.4 is 0 Å². The summed E-state index contributed by atoms with van der Waals surface area (Å²) in [6, 6.07) is 1.96. The van der Waals surface area contributed by atoms with Crippen LogP contribution in [0, 0.1) is 5.41 Å². The summed E-state index contributed by atoms with van der Waals surface area (Å²) in [6.07, 6.45) is 1.55. The van der Waals surface area contributed by atoms with Crippen LogP contribution >= 0.6 is 0 Å². The van der Waals surface area contributed by atoms with Crippen LogP contribution in [-0.2, 0) is 33.6 Å². The number of carbonyl (C=O) groups excluding carboxylic acids is 1. The number of carbonyl (C=O) groups is 1. The molecule has 5 heteroatoms. The van der Waals surface area contributed by atoms with Crippen molar-refractivity contribution in [3.63, 3.8) is 0 Å². The summed E-state index contributed by atoms with van der Waals surface area (Å²) in [7, 11) is 3.21. The predicted molar refractivity (Wildman–Crippen MR) is 79.4 cm³/mol. The van der Waals surface area contributed by atoms with Crippen molar-refractivity contribution in [2.75, 3.05) is 20.8 Å². The highest BCUT2D eigenvalue weighted by Gasteiger charge is 2.34. The Morgan fingerprint density at radius 2 is 2.00 bits per heavy atom. The molecule has 1 heterocycles. The number of hydrogen-bond acceptors (Lipinski definition) is 4. The van der Waals surface area contributed by atoms with Gasteiger partial charge in [-0.05, 0) is 36.8 Å². The first-order valence-corrected chi connectivity index (χ1v) is 7.36. The number of fused-ring (bicyclic) bond motifs is 1. The predicted octanol–water partition coefficient (Wildman–Crippen LogP) is 2.41. The van der Waals surface area contributed by atoms with Crippen LogP contribution in [0.15, 0.2) is 6.07 Å². The van der Waals surface area contributed by atoms with Crippen molar-refractivity contribution in [3.8, 4) is 0 Å². The Labute approximate surface area is 126 Å². The van der Waals surface area contributed by atoms with Crippen LogP contribution in [0.3, 0.4) is 0 Å². The molecule has 2 rings (SSSR count). The molecule has 0 spiro atoms. The third-order valence-corrected chi connectivity index (χ3v) is 3.96. The van der Waals surface area contributed by atoms with Crippen molar-refractivity contribution in [1.82, 2.24) is 4.57 Å². The van der Waals surface area contributed by atoms with Gasteiger partial charge in [-0.2, -0.15) is 0 Å². The van der Waals surface area contributed by atoms with Gasteiger partial charge in [0, 0.05) is 19.9 Å². The van der Waals surface area contributed by atoms with Gasteiger partial charge < -0.3 is 18.8 Å². The lowest BCUT2D eigenvalue weighted by atomic mass is 9.90. The summed E-state index contributed by atoms with van der Waals surface area (Å²) in [6.45, 7) is 7.16. The highest BCUT2D eigenvalue weighted by Crippen LogP contribution is 2.38. The molecular formula is C16H25NO4. The molecule has 0 fully saturated rings. The van der Waals surface area contributed by atoms with Crippen molar-refractivity contribution in [1.29, 1.82) is 0 Å². The maximum absolute atomic E-state index is 12.2. The quantitative estimate of drug-likeness (QED) is 0.597. The van der Waals surface area contributed by atoms with E-state index in [1.807, 2.05) is 17.6 Å². The van der Waals surface area contributed by atoms with E-state index in [0.29, 0.717) is 18.8 Å². The Hall–Kier alpha value is -1.33. The van der Waals surface area contributed by atoms with Gasteiger partial charge in [0.1, 0.15) is 5.69 Å². The van der Waals surface area contributed by atoms with Gasteiger partial charge in [0.05, 0.1) is 13.2 Å². The van der Waals surface area contributed by atoms with Crippen molar-refractivity contribution < 1.29 is 19.0 Å². The van der Waals surface area contributed by atoms with Crippen molar-refractivity contribution in [2.24, 2.45) is 5.41 Å². The van der Waals surface area contributed by atoms with E-state index >= 15 is 0 Å². The van der Waals surface area contributed by atoms with E-state index in [4.69, 9.17) is 14.2 Å². The molecule has 21 heavy (non-hydrogen) atoms. The standard InChI is InChI=1S/C16H25NO4/c1-6-21-15(18)12-7-11-8-16(2,3)9-13(11)17(12)10-14(19-4)20-5/h7,14H,6,8-10H2,1-5H3. The number of rotatable bonds is 6. The van der Waals surface area contributed by atoms with E-state index in [0.717, 1.165) is 12.8 Å². The minimum absolute atomic E-state index is 0.231. The Morgan fingerprint density at radius 3 is 2.57 bits per heavy atom. The summed E-state index contributed by atoms with van der Waals surface area (Å²) in [5.41, 5.74) is 3.25. The second-order valence-corrected chi connectivity index (χ2v) is 6.25. The molecule has 0 aliphatic heterocycles.